The molecule has 31 heavy (non-hydrogen) atoms. The topological polar surface area (TPSA) is 115 Å². The predicted octanol–water partition coefficient (Wildman–Crippen LogP) is 3.32. The van der Waals surface area contributed by atoms with Gasteiger partial charge in [0.25, 0.3) is 0 Å². The third-order valence-corrected chi connectivity index (χ3v) is 5.14. The van der Waals surface area contributed by atoms with Crippen LogP contribution in [0.1, 0.15) is 23.3 Å². The minimum atomic E-state index is -1.60. The summed E-state index contributed by atoms with van der Waals surface area (Å²) in [4.78, 5) is 35.2. The minimum absolute atomic E-state index is 0.145. The smallest absolute Gasteiger partial charge is 0.394 e. The van der Waals surface area contributed by atoms with E-state index in [4.69, 9.17) is 19.0 Å². The highest BCUT2D eigenvalue weighted by Gasteiger charge is 2.25. The van der Waals surface area contributed by atoms with E-state index in [1.165, 1.54) is 18.2 Å². The zero-order chi connectivity index (χ0) is 22.1. The number of carboxylic acid groups (broad SMARTS) is 1. The van der Waals surface area contributed by atoms with E-state index >= 15 is 0 Å². The second-order valence-corrected chi connectivity index (χ2v) is 6.96. The lowest BCUT2D eigenvalue weighted by molar-refractivity contribution is -0.147. The Morgan fingerprint density at radius 2 is 1.94 bits per heavy atom. The van der Waals surface area contributed by atoms with Crippen molar-refractivity contribution in [1.82, 2.24) is 0 Å². The maximum absolute atomic E-state index is 13.0. The Morgan fingerprint density at radius 3 is 2.65 bits per heavy atom. The largest absolute Gasteiger partial charge is 0.493 e. The number of nitrogens with one attached hydrogen (secondary N) is 1. The van der Waals surface area contributed by atoms with Crippen LogP contribution < -0.4 is 20.2 Å². The highest BCUT2D eigenvalue weighted by atomic mass is 16.5. The molecule has 158 valence electrons. The molecule has 0 unspecified atom stereocenters. The van der Waals surface area contributed by atoms with E-state index in [0.29, 0.717) is 41.1 Å². The summed E-state index contributed by atoms with van der Waals surface area (Å²) in [5, 5.41) is 11.4. The molecule has 0 fully saturated rings. The summed E-state index contributed by atoms with van der Waals surface area (Å²) in [6.07, 6.45) is 3.06. The molecule has 8 nitrogen and oxygen atoms in total. The van der Waals surface area contributed by atoms with Gasteiger partial charge in [0, 0.05) is 22.9 Å². The Balaban J connectivity index is 1.81. The number of para-hydroxylation sites is 1. The maximum Gasteiger partial charge on any atom is 0.394 e. The number of hydrogen-bond acceptors (Lipinski definition) is 6. The van der Waals surface area contributed by atoms with Crippen LogP contribution in [-0.2, 0) is 16.0 Å². The van der Waals surface area contributed by atoms with Gasteiger partial charge < -0.3 is 24.3 Å². The van der Waals surface area contributed by atoms with Gasteiger partial charge >= 0.3 is 11.9 Å². The fourth-order valence-electron chi connectivity index (χ4n) is 3.70. The van der Waals surface area contributed by atoms with Crippen LogP contribution in [0.3, 0.4) is 0 Å². The summed E-state index contributed by atoms with van der Waals surface area (Å²) < 4.78 is 16.9. The Bertz CT molecular complexity index is 1300. The number of aliphatic carboxylic acids is 1. The van der Waals surface area contributed by atoms with Crippen LogP contribution >= 0.6 is 0 Å². The normalized spacial score (nSPS) is 13.8. The zero-order valence-electron chi connectivity index (χ0n) is 16.9. The molecule has 0 radical (unpaired) electrons. The molecule has 0 spiro atoms. The van der Waals surface area contributed by atoms with Gasteiger partial charge in [0.15, 0.2) is 16.9 Å². The lowest BCUT2D eigenvalue weighted by Gasteiger charge is -2.11. The van der Waals surface area contributed by atoms with Gasteiger partial charge in [-0.1, -0.05) is 12.1 Å². The molecule has 0 saturated heterocycles. The van der Waals surface area contributed by atoms with Crippen molar-refractivity contribution in [3.05, 3.63) is 63.5 Å². The fourth-order valence-corrected chi connectivity index (χ4v) is 3.70. The van der Waals surface area contributed by atoms with Crippen molar-refractivity contribution in [3.63, 3.8) is 0 Å². The monoisotopic (exact) mass is 421 g/mol. The maximum atomic E-state index is 13.0. The van der Waals surface area contributed by atoms with Crippen molar-refractivity contribution < 1.29 is 28.6 Å². The van der Waals surface area contributed by atoms with Crippen LogP contribution in [0.15, 0.2) is 45.6 Å². The third kappa shape index (κ3) is 3.63. The SMILES string of the molecule is COc1cccc(C=C2CCc3c2oc2cc(NC(=O)C(=O)O)ccc2c3=O)c1OC. The first-order chi connectivity index (χ1) is 14.9. The van der Waals surface area contributed by atoms with Crippen molar-refractivity contribution in [2.24, 2.45) is 0 Å². The molecule has 1 aliphatic carbocycles. The number of allylic oxidation sites excluding steroid dienone is 1. The second-order valence-electron chi connectivity index (χ2n) is 6.96. The van der Waals surface area contributed by atoms with Crippen LogP contribution in [-0.4, -0.2) is 31.2 Å². The number of methoxy groups -OCH3 is 2. The van der Waals surface area contributed by atoms with E-state index in [1.54, 1.807) is 20.3 Å². The Hall–Kier alpha value is -4.07. The van der Waals surface area contributed by atoms with Gasteiger partial charge in [-0.15, -0.1) is 0 Å². The molecule has 3 aromatic rings. The number of fused-ring (bicyclic) bond motifs is 2. The van der Waals surface area contributed by atoms with Crippen molar-refractivity contribution >= 4 is 40.2 Å². The van der Waals surface area contributed by atoms with Crippen LogP contribution in [0, 0.1) is 0 Å². The first-order valence-corrected chi connectivity index (χ1v) is 9.49. The molecule has 0 saturated carbocycles. The van der Waals surface area contributed by atoms with Gasteiger partial charge in [0.2, 0.25) is 0 Å². The number of carbonyl (C=O) groups is 2. The summed E-state index contributed by atoms with van der Waals surface area (Å²) >= 11 is 0. The van der Waals surface area contributed by atoms with Gasteiger partial charge in [0.05, 0.1) is 19.6 Å². The molecular formula is C23H19NO7. The number of rotatable bonds is 4. The molecule has 1 aromatic heterocycles. The molecule has 1 amide bonds. The van der Waals surface area contributed by atoms with E-state index in [2.05, 4.69) is 5.32 Å². The molecule has 4 rings (SSSR count). The number of benzene rings is 2. The van der Waals surface area contributed by atoms with Crippen molar-refractivity contribution in [2.45, 2.75) is 12.8 Å². The molecule has 8 heteroatoms. The number of ether oxygens (including phenoxy) is 2. The van der Waals surface area contributed by atoms with Gasteiger partial charge in [-0.2, -0.15) is 0 Å². The number of amides is 1. The summed E-state index contributed by atoms with van der Waals surface area (Å²) in [6.45, 7) is 0. The van der Waals surface area contributed by atoms with Crippen molar-refractivity contribution in [2.75, 3.05) is 19.5 Å². The molecule has 0 atom stereocenters. The van der Waals surface area contributed by atoms with Crippen molar-refractivity contribution in [1.29, 1.82) is 0 Å². The van der Waals surface area contributed by atoms with Crippen LogP contribution in [0.5, 0.6) is 11.5 Å². The fraction of sp³-hybridized carbons (Fsp3) is 0.174. The lowest BCUT2D eigenvalue weighted by Crippen LogP contribution is -2.21. The Morgan fingerprint density at radius 1 is 1.13 bits per heavy atom. The first-order valence-electron chi connectivity index (χ1n) is 9.49. The van der Waals surface area contributed by atoms with E-state index in [9.17, 15) is 14.4 Å². The molecule has 0 aliphatic heterocycles. The van der Waals surface area contributed by atoms with E-state index in [1.807, 2.05) is 18.2 Å². The van der Waals surface area contributed by atoms with E-state index in [-0.39, 0.29) is 16.7 Å². The summed E-state index contributed by atoms with van der Waals surface area (Å²) in [6, 6.07) is 9.96. The standard InChI is InChI=1S/C23H19NO7/c1-29-17-5-3-4-12(21(17)30-2)10-13-6-8-16-19(25)15-9-7-14(24-22(26)23(27)28)11-18(15)31-20(13)16/h3-5,7,9-11H,6,8H2,1-2H3,(H,24,26)(H,27,28). The Kier molecular flexibility index (Phi) is 5.21. The molecule has 2 N–H and O–H groups in total. The summed E-state index contributed by atoms with van der Waals surface area (Å²) in [7, 11) is 3.12. The van der Waals surface area contributed by atoms with Crippen LogP contribution in [0.4, 0.5) is 5.69 Å². The van der Waals surface area contributed by atoms with E-state index in [0.717, 1.165) is 11.1 Å². The molecule has 1 heterocycles. The molecule has 0 bridgehead atoms. The highest BCUT2D eigenvalue weighted by Crippen LogP contribution is 2.38. The minimum Gasteiger partial charge on any atom is -0.493 e. The van der Waals surface area contributed by atoms with Gasteiger partial charge in [0.1, 0.15) is 11.3 Å². The predicted molar refractivity (Wildman–Crippen MR) is 114 cm³/mol. The van der Waals surface area contributed by atoms with Crippen LogP contribution in [0.25, 0.3) is 22.6 Å². The van der Waals surface area contributed by atoms with Crippen molar-refractivity contribution in [3.8, 4) is 11.5 Å². The number of carboxylic acids is 1. The third-order valence-electron chi connectivity index (χ3n) is 5.14. The average Bonchev–Trinajstić information content (AvgIpc) is 3.16. The highest BCUT2D eigenvalue weighted by molar-refractivity contribution is 6.36. The number of hydrogen-bond donors (Lipinski definition) is 2. The lowest BCUT2D eigenvalue weighted by atomic mass is 10.1. The quantitative estimate of drug-likeness (QED) is 0.621. The van der Waals surface area contributed by atoms with Gasteiger partial charge in [-0.25, -0.2) is 4.79 Å². The van der Waals surface area contributed by atoms with Gasteiger partial charge in [-0.3, -0.25) is 9.59 Å². The zero-order valence-corrected chi connectivity index (χ0v) is 16.9. The molecule has 2 aromatic carbocycles. The summed E-state index contributed by atoms with van der Waals surface area (Å²) in [5.41, 5.74) is 2.55. The first kappa shape index (κ1) is 20.2. The average molecular weight is 421 g/mol. The van der Waals surface area contributed by atoms with Gasteiger partial charge in [-0.05, 0) is 42.7 Å². The molecular weight excluding hydrogens is 402 g/mol. The number of carbonyl (C=O) groups excluding carboxylic acids is 1. The Labute approximate surface area is 176 Å². The number of anilines is 1. The molecule has 1 aliphatic rings. The summed E-state index contributed by atoms with van der Waals surface area (Å²) in [5.74, 6) is -1.13. The van der Waals surface area contributed by atoms with Crippen LogP contribution in [0.2, 0.25) is 0 Å². The second kappa shape index (κ2) is 7.98. The van der Waals surface area contributed by atoms with E-state index < -0.39 is 11.9 Å².